The van der Waals surface area contributed by atoms with Gasteiger partial charge in [0.1, 0.15) is 0 Å². The van der Waals surface area contributed by atoms with E-state index in [9.17, 15) is 18.0 Å². The topological polar surface area (TPSA) is 89.5 Å². The van der Waals surface area contributed by atoms with E-state index in [4.69, 9.17) is 4.74 Å². The SMILES string of the molecule is Cc1ccc(C)c(C(=O)COC(=O)c2cccc(NS(=O)(=O)C=Cc3ccccc3)c2)c1. The number of carbonyl (C=O) groups excluding carboxylic acids is 2. The second-order valence-electron chi connectivity index (χ2n) is 7.26. The predicted octanol–water partition coefficient (Wildman–Crippen LogP) is 4.76. The first-order chi connectivity index (χ1) is 15.2. The largest absolute Gasteiger partial charge is 0.454 e. The Morgan fingerprint density at radius 3 is 2.44 bits per heavy atom. The molecule has 0 aliphatic heterocycles. The Labute approximate surface area is 187 Å². The molecule has 0 atom stereocenters. The fraction of sp³-hybridized carbons (Fsp3) is 0.120. The molecule has 0 heterocycles. The molecule has 0 spiro atoms. The zero-order valence-electron chi connectivity index (χ0n) is 17.7. The average Bonchev–Trinajstić information content (AvgIpc) is 2.78. The smallest absolute Gasteiger partial charge is 0.338 e. The van der Waals surface area contributed by atoms with Gasteiger partial charge in [0.2, 0.25) is 5.78 Å². The first kappa shape index (κ1) is 23.0. The molecular formula is C25H23NO5S. The van der Waals surface area contributed by atoms with Crippen LogP contribution in [0.25, 0.3) is 6.08 Å². The summed E-state index contributed by atoms with van der Waals surface area (Å²) in [5, 5.41) is 1.05. The normalized spacial score (nSPS) is 11.3. The summed E-state index contributed by atoms with van der Waals surface area (Å²) < 4.78 is 32.2. The Hall–Kier alpha value is -3.71. The molecule has 164 valence electrons. The van der Waals surface area contributed by atoms with Crippen LogP contribution in [0.1, 0.15) is 37.4 Å². The lowest BCUT2D eigenvalue weighted by molar-refractivity contribution is 0.0474. The van der Waals surface area contributed by atoms with Crippen LogP contribution >= 0.6 is 0 Å². The van der Waals surface area contributed by atoms with Crippen LogP contribution in [0.2, 0.25) is 0 Å². The molecule has 0 radical (unpaired) electrons. The third-order valence-electron chi connectivity index (χ3n) is 4.63. The molecule has 0 fully saturated rings. The van der Waals surface area contributed by atoms with Crippen molar-refractivity contribution in [3.05, 3.63) is 106 Å². The quantitative estimate of drug-likeness (QED) is 0.396. The van der Waals surface area contributed by atoms with Crippen molar-refractivity contribution < 1.29 is 22.7 Å². The Morgan fingerprint density at radius 1 is 0.938 bits per heavy atom. The van der Waals surface area contributed by atoms with Crippen LogP contribution in [0.15, 0.2) is 78.2 Å². The van der Waals surface area contributed by atoms with Gasteiger partial charge in [-0.3, -0.25) is 9.52 Å². The Bertz CT molecular complexity index is 1260. The Balaban J connectivity index is 1.64. The van der Waals surface area contributed by atoms with E-state index in [1.807, 2.05) is 32.0 Å². The zero-order chi connectivity index (χ0) is 23.1. The van der Waals surface area contributed by atoms with Crippen LogP contribution in [0, 0.1) is 13.8 Å². The summed E-state index contributed by atoms with van der Waals surface area (Å²) in [7, 11) is -3.78. The maximum Gasteiger partial charge on any atom is 0.338 e. The number of rotatable bonds is 8. The van der Waals surface area contributed by atoms with Crippen molar-refractivity contribution in [2.24, 2.45) is 0 Å². The molecule has 32 heavy (non-hydrogen) atoms. The maximum atomic E-state index is 12.4. The van der Waals surface area contributed by atoms with E-state index in [2.05, 4.69) is 4.72 Å². The van der Waals surface area contributed by atoms with Crippen molar-refractivity contribution in [2.45, 2.75) is 13.8 Å². The van der Waals surface area contributed by atoms with E-state index in [1.54, 1.807) is 30.3 Å². The minimum Gasteiger partial charge on any atom is -0.454 e. The van der Waals surface area contributed by atoms with Crippen molar-refractivity contribution in [1.82, 2.24) is 0 Å². The third kappa shape index (κ3) is 6.39. The number of sulfonamides is 1. The number of nitrogens with one attached hydrogen (secondary N) is 1. The molecule has 0 unspecified atom stereocenters. The lowest BCUT2D eigenvalue weighted by Crippen LogP contribution is -2.16. The van der Waals surface area contributed by atoms with Gasteiger partial charge in [-0.1, -0.05) is 54.1 Å². The molecule has 7 heteroatoms. The summed E-state index contributed by atoms with van der Waals surface area (Å²) >= 11 is 0. The highest BCUT2D eigenvalue weighted by molar-refractivity contribution is 7.95. The Kier molecular flexibility index (Phi) is 7.22. The number of aryl methyl sites for hydroxylation is 2. The van der Waals surface area contributed by atoms with Crippen LogP contribution in [-0.2, 0) is 14.8 Å². The van der Waals surface area contributed by atoms with Gasteiger partial charge >= 0.3 is 5.97 Å². The van der Waals surface area contributed by atoms with E-state index < -0.39 is 22.6 Å². The second-order valence-corrected chi connectivity index (χ2v) is 8.83. The van der Waals surface area contributed by atoms with Gasteiger partial charge in [-0.15, -0.1) is 0 Å². The van der Waals surface area contributed by atoms with Crippen molar-refractivity contribution in [3.63, 3.8) is 0 Å². The van der Waals surface area contributed by atoms with Gasteiger partial charge in [-0.25, -0.2) is 13.2 Å². The molecule has 3 aromatic rings. The molecule has 0 aliphatic carbocycles. The fourth-order valence-electron chi connectivity index (χ4n) is 2.97. The molecule has 0 saturated heterocycles. The van der Waals surface area contributed by atoms with Crippen molar-refractivity contribution in [1.29, 1.82) is 0 Å². The van der Waals surface area contributed by atoms with Crippen molar-refractivity contribution >= 4 is 33.5 Å². The number of benzene rings is 3. The summed E-state index contributed by atoms with van der Waals surface area (Å²) in [6.07, 6.45) is 1.47. The molecule has 0 aliphatic rings. The Morgan fingerprint density at radius 2 is 1.69 bits per heavy atom. The van der Waals surface area contributed by atoms with Gasteiger partial charge in [-0.2, -0.15) is 0 Å². The molecule has 1 N–H and O–H groups in total. The molecule has 6 nitrogen and oxygen atoms in total. The number of ketones is 1. The van der Waals surface area contributed by atoms with Crippen LogP contribution < -0.4 is 4.72 Å². The first-order valence-corrected chi connectivity index (χ1v) is 11.4. The third-order valence-corrected chi connectivity index (χ3v) is 5.64. The first-order valence-electron chi connectivity index (χ1n) is 9.87. The van der Waals surface area contributed by atoms with Crippen LogP contribution in [0.5, 0.6) is 0 Å². The maximum absolute atomic E-state index is 12.4. The summed E-state index contributed by atoms with van der Waals surface area (Å²) in [4.78, 5) is 24.8. The molecule has 0 aromatic heterocycles. The van der Waals surface area contributed by atoms with Gasteiger partial charge in [0, 0.05) is 11.3 Å². The molecule has 0 bridgehead atoms. The molecule has 3 rings (SSSR count). The fourth-order valence-corrected chi connectivity index (χ4v) is 3.83. The van der Waals surface area contributed by atoms with Gasteiger partial charge in [0.05, 0.1) is 11.0 Å². The lowest BCUT2D eigenvalue weighted by atomic mass is 10.0. The molecule has 0 amide bonds. The monoisotopic (exact) mass is 449 g/mol. The minimum absolute atomic E-state index is 0.131. The summed E-state index contributed by atoms with van der Waals surface area (Å²) in [6.45, 7) is 3.29. The average molecular weight is 450 g/mol. The summed E-state index contributed by atoms with van der Waals surface area (Å²) in [5.41, 5.74) is 3.32. The van der Waals surface area contributed by atoms with Crippen LogP contribution in [0.3, 0.4) is 0 Å². The van der Waals surface area contributed by atoms with Crippen molar-refractivity contribution in [3.8, 4) is 0 Å². The zero-order valence-corrected chi connectivity index (χ0v) is 18.6. The second kappa shape index (κ2) is 10.1. The number of esters is 1. The van der Waals surface area contributed by atoms with Crippen molar-refractivity contribution in [2.75, 3.05) is 11.3 Å². The standard InChI is InChI=1S/C25H23NO5S/c1-18-11-12-19(2)23(15-18)24(27)17-31-25(28)21-9-6-10-22(16-21)26-32(29,30)14-13-20-7-4-3-5-8-20/h3-16,26H,17H2,1-2H3. The molecule has 0 saturated carbocycles. The van der Waals surface area contributed by atoms with Crippen LogP contribution in [-0.4, -0.2) is 26.8 Å². The highest BCUT2D eigenvalue weighted by atomic mass is 32.2. The predicted molar refractivity (Wildman–Crippen MR) is 125 cm³/mol. The van der Waals surface area contributed by atoms with E-state index >= 15 is 0 Å². The van der Waals surface area contributed by atoms with E-state index in [1.165, 1.54) is 30.3 Å². The number of hydrogen-bond donors (Lipinski definition) is 1. The van der Waals surface area contributed by atoms with Crippen LogP contribution in [0.4, 0.5) is 5.69 Å². The lowest BCUT2D eigenvalue weighted by Gasteiger charge is -2.09. The highest BCUT2D eigenvalue weighted by Gasteiger charge is 2.15. The van der Waals surface area contributed by atoms with Gasteiger partial charge in [0.25, 0.3) is 10.0 Å². The summed E-state index contributed by atoms with van der Waals surface area (Å²) in [6, 6.07) is 20.4. The number of anilines is 1. The minimum atomic E-state index is -3.78. The molecule has 3 aromatic carbocycles. The number of ether oxygens (including phenoxy) is 1. The van der Waals surface area contributed by atoms with Gasteiger partial charge in [-0.05, 0) is 55.3 Å². The van der Waals surface area contributed by atoms with E-state index in [0.717, 1.165) is 22.1 Å². The number of carbonyl (C=O) groups is 2. The summed E-state index contributed by atoms with van der Waals surface area (Å²) in [5.74, 6) is -1.02. The highest BCUT2D eigenvalue weighted by Crippen LogP contribution is 2.16. The van der Waals surface area contributed by atoms with E-state index in [-0.39, 0.29) is 17.0 Å². The number of Topliss-reactive ketones (excluding diaryl/α,β-unsaturated/α-hetero) is 1. The van der Waals surface area contributed by atoms with E-state index in [0.29, 0.717) is 5.56 Å². The van der Waals surface area contributed by atoms with Gasteiger partial charge in [0.15, 0.2) is 6.61 Å². The molecular weight excluding hydrogens is 426 g/mol. The number of hydrogen-bond acceptors (Lipinski definition) is 5. The van der Waals surface area contributed by atoms with Gasteiger partial charge < -0.3 is 4.74 Å².